The number of fused-ring (bicyclic) bond motifs is 1. The van der Waals surface area contributed by atoms with Gasteiger partial charge in [0.2, 0.25) is 11.3 Å². The van der Waals surface area contributed by atoms with Gasteiger partial charge in [-0.1, -0.05) is 11.6 Å². The fourth-order valence-electron chi connectivity index (χ4n) is 1.33. The molecule has 0 bridgehead atoms. The van der Waals surface area contributed by atoms with Crippen LogP contribution in [0.2, 0.25) is 5.15 Å². The first kappa shape index (κ1) is 10.1. The van der Waals surface area contributed by atoms with Crippen molar-refractivity contribution in [3.05, 3.63) is 5.15 Å². The zero-order chi connectivity index (χ0) is 10.8. The van der Waals surface area contributed by atoms with E-state index in [9.17, 15) is 0 Å². The Hall–Kier alpha value is -1.43. The van der Waals surface area contributed by atoms with Gasteiger partial charge in [0.05, 0.1) is 0 Å². The van der Waals surface area contributed by atoms with Crippen molar-refractivity contribution in [3.63, 3.8) is 0 Å². The van der Waals surface area contributed by atoms with E-state index < -0.39 is 0 Å². The summed E-state index contributed by atoms with van der Waals surface area (Å²) in [7, 11) is 0. The van der Waals surface area contributed by atoms with E-state index in [4.69, 9.17) is 11.6 Å². The molecule has 0 N–H and O–H groups in total. The average Bonchev–Trinajstić information content (AvgIpc) is 2.67. The van der Waals surface area contributed by atoms with Gasteiger partial charge in [0, 0.05) is 13.1 Å². The number of hydrogen-bond donors (Lipinski definition) is 0. The maximum atomic E-state index is 5.99. The summed E-state index contributed by atoms with van der Waals surface area (Å²) in [4.78, 5) is 10.3. The van der Waals surface area contributed by atoms with E-state index in [1.807, 2.05) is 18.7 Å². The highest BCUT2D eigenvalue weighted by Gasteiger charge is 2.14. The molecule has 0 aliphatic rings. The number of nitrogens with zero attached hydrogens (tertiary/aromatic N) is 5. The Bertz CT molecular complexity index is 467. The first-order chi connectivity index (χ1) is 7.26. The Morgan fingerprint density at radius 2 is 1.73 bits per heavy atom. The molecular weight excluding hydrogens is 218 g/mol. The molecule has 0 unspecified atom stereocenters. The van der Waals surface area contributed by atoms with Crippen molar-refractivity contribution in [1.29, 1.82) is 0 Å². The molecule has 0 saturated heterocycles. The molecule has 6 nitrogen and oxygen atoms in total. The fraction of sp³-hybridized carbons (Fsp3) is 0.500. The quantitative estimate of drug-likeness (QED) is 0.792. The van der Waals surface area contributed by atoms with E-state index >= 15 is 0 Å². The minimum Gasteiger partial charge on any atom is -0.355 e. The largest absolute Gasteiger partial charge is 0.355 e. The second kappa shape index (κ2) is 3.98. The minimum atomic E-state index is 0.321. The lowest BCUT2D eigenvalue weighted by atomic mass is 10.5. The molecule has 0 saturated carbocycles. The molecule has 0 atom stereocenters. The normalized spacial score (nSPS) is 10.9. The number of hydrogen-bond acceptors (Lipinski definition) is 6. The monoisotopic (exact) mass is 227 g/mol. The van der Waals surface area contributed by atoms with Crippen molar-refractivity contribution in [1.82, 2.24) is 20.3 Å². The van der Waals surface area contributed by atoms with Gasteiger partial charge in [-0.2, -0.15) is 0 Å². The Labute approximate surface area is 91.2 Å². The lowest BCUT2D eigenvalue weighted by Crippen LogP contribution is -2.23. The molecule has 80 valence electrons. The summed E-state index contributed by atoms with van der Waals surface area (Å²) in [5.41, 5.74) is 0.706. The van der Waals surface area contributed by atoms with Crippen LogP contribution in [0.4, 0.5) is 5.82 Å². The van der Waals surface area contributed by atoms with Crippen LogP contribution >= 0.6 is 11.6 Å². The highest BCUT2D eigenvalue weighted by Crippen LogP contribution is 2.22. The van der Waals surface area contributed by atoms with Gasteiger partial charge in [0.15, 0.2) is 11.0 Å². The van der Waals surface area contributed by atoms with E-state index in [0.29, 0.717) is 22.3 Å². The van der Waals surface area contributed by atoms with Gasteiger partial charge < -0.3 is 4.90 Å². The van der Waals surface area contributed by atoms with Crippen molar-refractivity contribution in [2.24, 2.45) is 0 Å². The fourth-order valence-corrected chi connectivity index (χ4v) is 1.58. The van der Waals surface area contributed by atoms with E-state index in [2.05, 4.69) is 24.9 Å². The molecule has 0 aliphatic heterocycles. The minimum absolute atomic E-state index is 0.321. The molecule has 2 aromatic rings. The Balaban J connectivity index is 2.53. The van der Waals surface area contributed by atoms with Crippen molar-refractivity contribution in [3.8, 4) is 0 Å². The summed E-state index contributed by atoms with van der Waals surface area (Å²) >= 11 is 5.99. The zero-order valence-electron chi connectivity index (χ0n) is 8.44. The molecule has 0 spiro atoms. The van der Waals surface area contributed by atoms with Gasteiger partial charge in [0.1, 0.15) is 0 Å². The summed E-state index contributed by atoms with van der Waals surface area (Å²) in [5, 5.41) is 7.52. The molecule has 0 aromatic carbocycles. The van der Waals surface area contributed by atoms with E-state index in [0.717, 1.165) is 13.1 Å². The van der Waals surface area contributed by atoms with Gasteiger partial charge in [-0.15, -0.1) is 0 Å². The molecule has 2 aromatic heterocycles. The third-order valence-electron chi connectivity index (χ3n) is 2.12. The standard InChI is InChI=1S/C8H10ClN5O/c1-3-14(4-2)8-5(9)10-6-7(11-8)13-15-12-6/h3-4H2,1-2H3. The first-order valence-electron chi connectivity index (χ1n) is 4.67. The smallest absolute Gasteiger partial charge is 0.245 e. The average molecular weight is 228 g/mol. The van der Waals surface area contributed by atoms with Gasteiger partial charge >= 0.3 is 0 Å². The topological polar surface area (TPSA) is 67.9 Å². The van der Waals surface area contributed by atoms with Crippen molar-refractivity contribution in [2.45, 2.75) is 13.8 Å². The van der Waals surface area contributed by atoms with E-state index in [1.165, 1.54) is 0 Å². The second-order valence-corrected chi connectivity index (χ2v) is 3.28. The van der Waals surface area contributed by atoms with Crippen LogP contribution in [-0.4, -0.2) is 33.4 Å². The van der Waals surface area contributed by atoms with Crippen molar-refractivity contribution in [2.75, 3.05) is 18.0 Å². The highest BCUT2D eigenvalue weighted by atomic mass is 35.5. The van der Waals surface area contributed by atoms with Crippen LogP contribution in [0.25, 0.3) is 11.3 Å². The van der Waals surface area contributed by atoms with Crippen molar-refractivity contribution < 1.29 is 4.63 Å². The number of halogens is 1. The summed E-state index contributed by atoms with van der Waals surface area (Å²) in [6.07, 6.45) is 0. The van der Waals surface area contributed by atoms with Crippen LogP contribution in [0.5, 0.6) is 0 Å². The maximum absolute atomic E-state index is 5.99. The van der Waals surface area contributed by atoms with Crippen LogP contribution in [0.15, 0.2) is 4.63 Å². The van der Waals surface area contributed by atoms with Gasteiger partial charge in [-0.3, -0.25) is 0 Å². The zero-order valence-corrected chi connectivity index (χ0v) is 9.19. The second-order valence-electron chi connectivity index (χ2n) is 2.92. The summed E-state index contributed by atoms with van der Waals surface area (Å²) in [5.74, 6) is 0.616. The van der Waals surface area contributed by atoms with Crippen LogP contribution in [-0.2, 0) is 0 Å². The lowest BCUT2D eigenvalue weighted by Gasteiger charge is -2.19. The van der Waals surface area contributed by atoms with E-state index in [1.54, 1.807) is 0 Å². The van der Waals surface area contributed by atoms with Crippen LogP contribution in [0.3, 0.4) is 0 Å². The predicted octanol–water partition coefficient (Wildman–Crippen LogP) is 1.51. The molecule has 0 radical (unpaired) electrons. The van der Waals surface area contributed by atoms with Gasteiger partial charge in [-0.05, 0) is 24.2 Å². The summed E-state index contributed by atoms with van der Waals surface area (Å²) < 4.78 is 4.52. The Morgan fingerprint density at radius 1 is 1.13 bits per heavy atom. The molecule has 0 aliphatic carbocycles. The molecule has 0 fully saturated rings. The van der Waals surface area contributed by atoms with E-state index in [-0.39, 0.29) is 0 Å². The number of rotatable bonds is 3. The third-order valence-corrected chi connectivity index (χ3v) is 2.37. The first-order valence-corrected chi connectivity index (χ1v) is 5.04. The van der Waals surface area contributed by atoms with Gasteiger partial charge in [0.25, 0.3) is 0 Å². The summed E-state index contributed by atoms with van der Waals surface area (Å²) in [6, 6.07) is 0. The Kier molecular flexibility index (Phi) is 2.68. The SMILES string of the molecule is CCN(CC)c1nc2nonc2nc1Cl. The molecular formula is C8H10ClN5O. The lowest BCUT2D eigenvalue weighted by molar-refractivity contribution is 0.314. The highest BCUT2D eigenvalue weighted by molar-refractivity contribution is 6.32. The Morgan fingerprint density at radius 3 is 2.33 bits per heavy atom. The summed E-state index contributed by atoms with van der Waals surface area (Å²) in [6.45, 7) is 5.66. The van der Waals surface area contributed by atoms with Crippen molar-refractivity contribution >= 4 is 28.7 Å². The maximum Gasteiger partial charge on any atom is 0.245 e. The molecule has 2 heterocycles. The molecule has 7 heteroatoms. The van der Waals surface area contributed by atoms with Crippen LogP contribution in [0.1, 0.15) is 13.8 Å². The number of aromatic nitrogens is 4. The van der Waals surface area contributed by atoms with Crippen LogP contribution < -0.4 is 4.90 Å². The third kappa shape index (κ3) is 1.72. The molecule has 15 heavy (non-hydrogen) atoms. The number of anilines is 1. The molecule has 0 amide bonds. The van der Waals surface area contributed by atoms with Gasteiger partial charge in [-0.25, -0.2) is 14.6 Å². The molecule has 2 rings (SSSR count). The predicted molar refractivity (Wildman–Crippen MR) is 56.0 cm³/mol. The van der Waals surface area contributed by atoms with Crippen LogP contribution in [0, 0.1) is 0 Å².